The monoisotopic (exact) mass is 252 g/mol. The van der Waals surface area contributed by atoms with Crippen LogP contribution in [0.15, 0.2) is 11.2 Å². The molecule has 1 aromatic rings. The van der Waals surface area contributed by atoms with Gasteiger partial charge in [0.15, 0.2) is 0 Å². The maximum Gasteiger partial charge on any atom is 0.346 e. The van der Waals surface area contributed by atoms with Crippen LogP contribution in [0.5, 0.6) is 0 Å². The molecule has 0 fully saturated rings. The summed E-state index contributed by atoms with van der Waals surface area (Å²) >= 11 is 0. The summed E-state index contributed by atoms with van der Waals surface area (Å²) in [5.74, 6) is 0.240. The van der Waals surface area contributed by atoms with Crippen molar-refractivity contribution in [1.29, 1.82) is 0 Å². The van der Waals surface area contributed by atoms with E-state index >= 15 is 0 Å². The first-order chi connectivity index (χ1) is 8.67. The lowest BCUT2D eigenvalue weighted by Crippen LogP contribution is -2.34. The molecule has 2 rings (SSSR count). The summed E-state index contributed by atoms with van der Waals surface area (Å²) in [5.41, 5.74) is 6.34. The molecular formula is C10H16N6O2. The summed E-state index contributed by atoms with van der Waals surface area (Å²) in [5, 5.41) is 16.7. The van der Waals surface area contributed by atoms with E-state index in [4.69, 9.17) is 10.8 Å². The predicted octanol–water partition coefficient (Wildman–Crippen LogP) is -0.486. The van der Waals surface area contributed by atoms with Gasteiger partial charge in [0, 0.05) is 6.54 Å². The Morgan fingerprint density at radius 1 is 1.50 bits per heavy atom. The molecule has 0 saturated carbocycles. The molecule has 8 nitrogen and oxygen atoms in total. The minimum absolute atomic E-state index is 0.0192. The molecule has 1 aromatic heterocycles. The van der Waals surface area contributed by atoms with Crippen LogP contribution < -0.4 is 5.73 Å². The molecule has 8 heteroatoms. The third-order valence-corrected chi connectivity index (χ3v) is 2.69. The lowest BCUT2D eigenvalue weighted by molar-refractivity contribution is 0.206. The van der Waals surface area contributed by atoms with Gasteiger partial charge >= 0.3 is 6.03 Å². The molecule has 3 N–H and O–H groups in total. The average molecular weight is 252 g/mol. The summed E-state index contributed by atoms with van der Waals surface area (Å²) in [6, 6.07) is -0.777. The molecule has 1 atom stereocenters. The average Bonchev–Trinajstić information content (AvgIpc) is 2.86. The summed E-state index contributed by atoms with van der Waals surface area (Å²) in [6.07, 6.45) is 2.49. The molecule has 0 bridgehead atoms. The zero-order chi connectivity index (χ0) is 13.1. The van der Waals surface area contributed by atoms with Gasteiger partial charge in [0.1, 0.15) is 17.6 Å². The molecule has 98 valence electrons. The molecule has 0 radical (unpaired) electrons. The van der Waals surface area contributed by atoms with Crippen molar-refractivity contribution in [1.82, 2.24) is 19.9 Å². The van der Waals surface area contributed by atoms with Gasteiger partial charge in [-0.05, 0) is 6.42 Å². The number of aliphatic hydroxyl groups is 1. The molecule has 0 spiro atoms. The number of amidine groups is 1. The summed E-state index contributed by atoms with van der Waals surface area (Å²) in [6.45, 7) is 2.88. The van der Waals surface area contributed by atoms with E-state index in [2.05, 4.69) is 15.3 Å². The van der Waals surface area contributed by atoms with Crippen molar-refractivity contribution in [2.45, 2.75) is 25.9 Å². The number of rotatable bonds is 5. The molecular weight excluding hydrogens is 236 g/mol. The number of urea groups is 1. The van der Waals surface area contributed by atoms with Gasteiger partial charge in [-0.15, -0.1) is 5.10 Å². The number of aliphatic imine (C=N–C) groups is 1. The molecule has 1 aliphatic heterocycles. The van der Waals surface area contributed by atoms with Crippen molar-refractivity contribution >= 4 is 11.9 Å². The van der Waals surface area contributed by atoms with E-state index in [1.165, 1.54) is 4.68 Å². The number of carbonyl (C=O) groups excluding carboxylic acids is 1. The zero-order valence-electron chi connectivity index (χ0n) is 10.2. The maximum absolute atomic E-state index is 11.7. The van der Waals surface area contributed by atoms with Crippen molar-refractivity contribution in [2.75, 3.05) is 13.2 Å². The number of carbonyl (C=O) groups is 1. The van der Waals surface area contributed by atoms with Crippen LogP contribution in [0.25, 0.3) is 0 Å². The van der Waals surface area contributed by atoms with E-state index < -0.39 is 6.04 Å². The third-order valence-electron chi connectivity index (χ3n) is 2.69. The van der Waals surface area contributed by atoms with E-state index in [0.29, 0.717) is 18.8 Å². The maximum atomic E-state index is 11.7. The molecule has 18 heavy (non-hydrogen) atoms. The second-order valence-corrected chi connectivity index (χ2v) is 4.05. The van der Waals surface area contributed by atoms with Crippen LogP contribution in [0.4, 0.5) is 4.79 Å². The fraction of sp³-hybridized carbons (Fsp3) is 0.600. The van der Waals surface area contributed by atoms with Gasteiger partial charge in [0.2, 0.25) is 0 Å². The van der Waals surface area contributed by atoms with Gasteiger partial charge in [-0.25, -0.2) is 9.48 Å². The molecule has 0 aromatic carbocycles. The normalized spacial score (nSPS) is 19.4. The smallest absolute Gasteiger partial charge is 0.346 e. The second kappa shape index (κ2) is 5.13. The predicted molar refractivity (Wildman–Crippen MR) is 63.9 cm³/mol. The molecule has 0 aliphatic carbocycles. The molecule has 2 heterocycles. The largest absolute Gasteiger partial charge is 0.394 e. The van der Waals surface area contributed by atoms with Crippen LogP contribution in [-0.4, -0.2) is 50.0 Å². The second-order valence-electron chi connectivity index (χ2n) is 4.05. The lowest BCUT2D eigenvalue weighted by Gasteiger charge is -2.21. The summed E-state index contributed by atoms with van der Waals surface area (Å²) < 4.78 is 1.51. The highest BCUT2D eigenvalue weighted by Gasteiger charge is 2.35. The van der Waals surface area contributed by atoms with Crippen molar-refractivity contribution in [2.24, 2.45) is 10.7 Å². The van der Waals surface area contributed by atoms with Gasteiger partial charge in [0.25, 0.3) is 0 Å². The van der Waals surface area contributed by atoms with Crippen molar-refractivity contribution in [3.05, 3.63) is 11.9 Å². The molecule has 1 unspecified atom stereocenters. The van der Waals surface area contributed by atoms with Gasteiger partial charge < -0.3 is 15.7 Å². The Labute approximate surface area is 104 Å². The number of nitrogens with two attached hydrogens (primary N) is 1. The van der Waals surface area contributed by atoms with Crippen LogP contribution in [0.1, 0.15) is 25.1 Å². The van der Waals surface area contributed by atoms with Crippen molar-refractivity contribution in [3.8, 4) is 0 Å². The van der Waals surface area contributed by atoms with E-state index in [1.807, 2.05) is 6.92 Å². The van der Waals surface area contributed by atoms with E-state index in [-0.39, 0.29) is 18.5 Å². The first-order valence-corrected chi connectivity index (χ1v) is 5.83. The quantitative estimate of drug-likeness (QED) is 0.735. The van der Waals surface area contributed by atoms with Crippen LogP contribution in [-0.2, 0) is 6.54 Å². The molecule has 2 amide bonds. The topological polar surface area (TPSA) is 110 Å². The van der Waals surface area contributed by atoms with Crippen LogP contribution in [0.3, 0.4) is 0 Å². The highest BCUT2D eigenvalue weighted by molar-refractivity contribution is 6.03. The first kappa shape index (κ1) is 12.5. The number of hydrogen-bond acceptors (Lipinski definition) is 5. The van der Waals surface area contributed by atoms with E-state index in [9.17, 15) is 4.79 Å². The van der Waals surface area contributed by atoms with Crippen molar-refractivity contribution < 1.29 is 9.90 Å². The lowest BCUT2D eigenvalue weighted by atomic mass is 10.2. The fourth-order valence-corrected chi connectivity index (χ4v) is 1.93. The van der Waals surface area contributed by atoms with Crippen LogP contribution >= 0.6 is 0 Å². The highest BCUT2D eigenvalue weighted by atomic mass is 16.3. The zero-order valence-corrected chi connectivity index (χ0v) is 10.2. The minimum atomic E-state index is -0.440. The number of amides is 2. The van der Waals surface area contributed by atoms with Gasteiger partial charge in [-0.1, -0.05) is 12.1 Å². The fourth-order valence-electron chi connectivity index (χ4n) is 1.93. The molecule has 0 saturated heterocycles. The summed E-state index contributed by atoms with van der Waals surface area (Å²) in [7, 11) is 0. The number of aliphatic hydroxyl groups excluding tert-OH is 1. The van der Waals surface area contributed by atoms with Gasteiger partial charge in [-0.2, -0.15) is 4.99 Å². The Morgan fingerprint density at radius 3 is 2.94 bits per heavy atom. The van der Waals surface area contributed by atoms with Gasteiger partial charge in [0.05, 0.1) is 19.3 Å². The Balaban J connectivity index is 2.23. The highest BCUT2D eigenvalue weighted by Crippen LogP contribution is 2.25. The Bertz CT molecular complexity index is 469. The summed E-state index contributed by atoms with van der Waals surface area (Å²) in [4.78, 5) is 17.0. The van der Waals surface area contributed by atoms with Crippen LogP contribution in [0, 0.1) is 0 Å². The Hall–Kier alpha value is -1.96. The Kier molecular flexibility index (Phi) is 3.56. The third kappa shape index (κ3) is 2.19. The van der Waals surface area contributed by atoms with Crippen molar-refractivity contribution in [3.63, 3.8) is 0 Å². The standard InChI is InChI=1S/C10H16N6O2/c1-2-3-16-8(9(11)12-10(16)18)7-6-15(4-5-17)14-13-7/h6,8,17H,2-5H2,1H3,(H2,11,12,18). The number of nitrogens with zero attached hydrogens (tertiary/aromatic N) is 5. The Morgan fingerprint density at radius 2 is 2.28 bits per heavy atom. The van der Waals surface area contributed by atoms with Crippen LogP contribution in [0.2, 0.25) is 0 Å². The first-order valence-electron chi connectivity index (χ1n) is 5.83. The number of hydrogen-bond donors (Lipinski definition) is 2. The van der Waals surface area contributed by atoms with E-state index in [0.717, 1.165) is 6.42 Å². The van der Waals surface area contributed by atoms with E-state index in [1.54, 1.807) is 11.1 Å². The number of aromatic nitrogens is 3. The SMILES string of the molecule is CCCN1C(=O)N=C(N)C1c1cn(CCO)nn1. The minimum Gasteiger partial charge on any atom is -0.394 e. The van der Waals surface area contributed by atoms with Gasteiger partial charge in [-0.3, -0.25) is 0 Å². The molecule has 1 aliphatic rings.